The number of hydrogen-bond donors (Lipinski definition) is 0. The van der Waals surface area contributed by atoms with Crippen LogP contribution in [0.5, 0.6) is 0 Å². The number of fused-ring (bicyclic) bond motifs is 1. The molecule has 0 saturated carbocycles. The first kappa shape index (κ1) is 11.4. The molecule has 0 amide bonds. The van der Waals surface area contributed by atoms with Crippen LogP contribution in [0, 0.1) is 0 Å². The van der Waals surface area contributed by atoms with Crippen molar-refractivity contribution in [3.8, 4) is 0 Å². The van der Waals surface area contributed by atoms with Crippen molar-refractivity contribution in [3.63, 3.8) is 0 Å². The van der Waals surface area contributed by atoms with E-state index in [-0.39, 0.29) is 22.8 Å². The molecule has 0 bridgehead atoms. The molecule has 7 heteroatoms. The van der Waals surface area contributed by atoms with Crippen molar-refractivity contribution in [3.05, 3.63) is 24.4 Å². The largest absolute Gasteiger partial charge is 0.307 e. The molecule has 0 aromatic carbocycles. The van der Waals surface area contributed by atoms with Crippen LogP contribution in [0.2, 0.25) is 0 Å². The molecule has 2 aliphatic rings. The van der Waals surface area contributed by atoms with Crippen molar-refractivity contribution in [2.75, 3.05) is 16.4 Å². The fourth-order valence-electron chi connectivity index (χ4n) is 2.23. The maximum absolute atomic E-state index is 11.6. The van der Waals surface area contributed by atoms with Gasteiger partial charge in [0.05, 0.1) is 17.5 Å². The third-order valence-corrected chi connectivity index (χ3v) is 6.54. The summed E-state index contributed by atoms with van der Waals surface area (Å²) < 4.78 is 24.0. The second-order valence-electron chi connectivity index (χ2n) is 4.12. The summed E-state index contributed by atoms with van der Waals surface area (Å²) in [4.78, 5) is 6.13. The van der Waals surface area contributed by atoms with Crippen molar-refractivity contribution >= 4 is 44.0 Å². The second kappa shape index (κ2) is 3.93. The highest BCUT2D eigenvalue weighted by atomic mass is 32.2. The molecule has 90 valence electrons. The van der Waals surface area contributed by atoms with Gasteiger partial charge in [-0.25, -0.2) is 13.4 Å². The van der Waals surface area contributed by atoms with E-state index in [0.29, 0.717) is 0 Å². The Labute approximate surface area is 109 Å². The lowest BCUT2D eigenvalue weighted by Crippen LogP contribution is -2.37. The average molecular weight is 286 g/mol. The molecular weight excluding hydrogens is 276 g/mol. The molecule has 2 saturated heterocycles. The van der Waals surface area contributed by atoms with Crippen LogP contribution >= 0.6 is 24.0 Å². The Bertz CT molecular complexity index is 558. The molecule has 3 rings (SSSR count). The van der Waals surface area contributed by atoms with Crippen molar-refractivity contribution in [2.24, 2.45) is 0 Å². The van der Waals surface area contributed by atoms with Gasteiger partial charge in [0, 0.05) is 11.4 Å². The highest BCUT2D eigenvalue weighted by Gasteiger charge is 2.48. The normalized spacial score (nSPS) is 30.6. The van der Waals surface area contributed by atoms with Gasteiger partial charge in [-0.05, 0) is 12.1 Å². The lowest BCUT2D eigenvalue weighted by Gasteiger charge is -2.22. The summed E-state index contributed by atoms with van der Waals surface area (Å²) in [6.45, 7) is 0. The molecule has 0 aliphatic carbocycles. The molecule has 2 fully saturated rings. The summed E-state index contributed by atoms with van der Waals surface area (Å²) in [5.74, 6) is 1.15. The zero-order chi connectivity index (χ0) is 12.0. The Morgan fingerprint density at radius 3 is 2.94 bits per heavy atom. The Morgan fingerprint density at radius 2 is 2.24 bits per heavy atom. The highest BCUT2D eigenvalue weighted by molar-refractivity contribution is 8.24. The molecule has 3 heterocycles. The zero-order valence-corrected chi connectivity index (χ0v) is 11.3. The molecule has 2 atom stereocenters. The Morgan fingerprint density at radius 1 is 1.41 bits per heavy atom. The summed E-state index contributed by atoms with van der Waals surface area (Å²) in [5.41, 5.74) is 0. The maximum Gasteiger partial charge on any atom is 0.153 e. The predicted octanol–water partition coefficient (Wildman–Crippen LogP) is 1.09. The summed E-state index contributed by atoms with van der Waals surface area (Å²) in [5, 5.41) is 0.0644. The van der Waals surface area contributed by atoms with Crippen molar-refractivity contribution in [2.45, 2.75) is 11.3 Å². The molecule has 0 radical (unpaired) electrons. The lowest BCUT2D eigenvalue weighted by atomic mass is 10.2. The molecule has 1 aromatic heterocycles. The van der Waals surface area contributed by atoms with E-state index in [9.17, 15) is 8.42 Å². The third kappa shape index (κ3) is 1.96. The van der Waals surface area contributed by atoms with Gasteiger partial charge in [0.2, 0.25) is 0 Å². The summed E-state index contributed by atoms with van der Waals surface area (Å²) in [6.07, 6.45) is 1.69. The van der Waals surface area contributed by atoms with Gasteiger partial charge in [0.15, 0.2) is 9.84 Å². The number of anilines is 1. The van der Waals surface area contributed by atoms with Gasteiger partial charge in [0.1, 0.15) is 10.1 Å². The van der Waals surface area contributed by atoms with Crippen LogP contribution in [-0.2, 0) is 9.84 Å². The standard InChI is InChI=1S/C10H10N2O2S3/c13-17(14)5-7-8(6-17)16-10(15)12(7)9-3-1-2-4-11-9/h1-4,7-8H,5-6H2. The molecule has 1 aromatic rings. The Balaban J connectivity index is 1.98. The van der Waals surface area contributed by atoms with Crippen molar-refractivity contribution < 1.29 is 8.42 Å². The first-order valence-corrected chi connectivity index (χ1v) is 8.29. The Kier molecular flexibility index (Phi) is 2.64. The SMILES string of the molecule is O=S1(=O)CC2SC(=S)N(c3ccccn3)C2C1. The van der Waals surface area contributed by atoms with Crippen LogP contribution in [0.15, 0.2) is 24.4 Å². The second-order valence-corrected chi connectivity index (χ2v) is 8.15. The molecule has 17 heavy (non-hydrogen) atoms. The monoisotopic (exact) mass is 286 g/mol. The third-order valence-electron chi connectivity index (χ3n) is 2.95. The summed E-state index contributed by atoms with van der Waals surface area (Å²) in [6, 6.07) is 5.53. The van der Waals surface area contributed by atoms with Gasteiger partial charge in [-0.3, -0.25) is 0 Å². The van der Waals surface area contributed by atoms with E-state index in [4.69, 9.17) is 12.2 Å². The van der Waals surface area contributed by atoms with E-state index in [1.807, 2.05) is 23.1 Å². The molecule has 0 N–H and O–H groups in total. The molecule has 2 aliphatic heterocycles. The van der Waals surface area contributed by atoms with Crippen LogP contribution in [-0.4, -0.2) is 40.5 Å². The summed E-state index contributed by atoms with van der Waals surface area (Å²) >= 11 is 6.79. The Hall–Kier alpha value is -0.660. The number of thioether (sulfide) groups is 1. The van der Waals surface area contributed by atoms with Gasteiger partial charge >= 0.3 is 0 Å². The first-order valence-electron chi connectivity index (χ1n) is 5.18. The first-order chi connectivity index (χ1) is 8.07. The highest BCUT2D eigenvalue weighted by Crippen LogP contribution is 2.39. The topological polar surface area (TPSA) is 50.3 Å². The minimum Gasteiger partial charge on any atom is -0.307 e. The molecular formula is C10H10N2O2S3. The van der Waals surface area contributed by atoms with E-state index in [2.05, 4.69) is 4.98 Å². The van der Waals surface area contributed by atoms with Crippen LogP contribution in [0.4, 0.5) is 5.82 Å². The van der Waals surface area contributed by atoms with E-state index in [1.165, 1.54) is 11.8 Å². The van der Waals surface area contributed by atoms with Gasteiger partial charge in [-0.2, -0.15) is 0 Å². The quantitative estimate of drug-likeness (QED) is 0.720. The van der Waals surface area contributed by atoms with E-state index in [0.717, 1.165) is 10.1 Å². The minimum absolute atomic E-state index is 0.0487. The summed E-state index contributed by atoms with van der Waals surface area (Å²) in [7, 11) is -2.92. The minimum atomic E-state index is -2.92. The number of hydrogen-bond acceptors (Lipinski definition) is 5. The molecule has 2 unspecified atom stereocenters. The van der Waals surface area contributed by atoms with Crippen LogP contribution in [0.25, 0.3) is 0 Å². The average Bonchev–Trinajstić information content (AvgIpc) is 2.69. The van der Waals surface area contributed by atoms with Crippen LogP contribution in [0.3, 0.4) is 0 Å². The number of nitrogens with zero attached hydrogens (tertiary/aromatic N) is 2. The smallest absolute Gasteiger partial charge is 0.153 e. The number of thiocarbonyl (C=S) groups is 1. The van der Waals surface area contributed by atoms with Gasteiger partial charge < -0.3 is 4.90 Å². The molecule has 0 spiro atoms. The van der Waals surface area contributed by atoms with E-state index < -0.39 is 9.84 Å². The number of aromatic nitrogens is 1. The number of pyridine rings is 1. The van der Waals surface area contributed by atoms with Crippen LogP contribution in [0.1, 0.15) is 0 Å². The fourth-order valence-corrected chi connectivity index (χ4v) is 6.58. The predicted molar refractivity (Wildman–Crippen MR) is 73.1 cm³/mol. The van der Waals surface area contributed by atoms with Gasteiger partial charge in [-0.15, -0.1) is 0 Å². The van der Waals surface area contributed by atoms with Crippen molar-refractivity contribution in [1.82, 2.24) is 4.98 Å². The maximum atomic E-state index is 11.6. The fraction of sp³-hybridized carbons (Fsp3) is 0.400. The number of rotatable bonds is 1. The van der Waals surface area contributed by atoms with Crippen LogP contribution < -0.4 is 4.90 Å². The van der Waals surface area contributed by atoms with E-state index in [1.54, 1.807) is 6.20 Å². The van der Waals surface area contributed by atoms with Gasteiger partial charge in [0.25, 0.3) is 0 Å². The zero-order valence-electron chi connectivity index (χ0n) is 8.81. The van der Waals surface area contributed by atoms with Gasteiger partial charge in [-0.1, -0.05) is 30.0 Å². The van der Waals surface area contributed by atoms with Crippen molar-refractivity contribution in [1.29, 1.82) is 0 Å². The van der Waals surface area contributed by atoms with E-state index >= 15 is 0 Å². The molecule has 4 nitrogen and oxygen atoms in total. The number of sulfone groups is 1. The lowest BCUT2D eigenvalue weighted by molar-refractivity contribution is 0.601.